The summed E-state index contributed by atoms with van der Waals surface area (Å²) in [5.41, 5.74) is -0.0637. The summed E-state index contributed by atoms with van der Waals surface area (Å²) >= 11 is 1.26. The first-order chi connectivity index (χ1) is 12.9. The van der Waals surface area contributed by atoms with E-state index in [9.17, 15) is 14.4 Å². The molecule has 2 N–H and O–H groups in total. The highest BCUT2D eigenvalue weighted by Gasteiger charge is 2.41. The molecular weight excluding hydrogens is 384 g/mol. The molecule has 0 saturated carbocycles. The molecule has 2 amide bonds. The van der Waals surface area contributed by atoms with Crippen molar-refractivity contribution >= 4 is 29.5 Å². The third kappa shape index (κ3) is 7.49. The maximum Gasteiger partial charge on any atom is 0.340 e. The van der Waals surface area contributed by atoms with Gasteiger partial charge >= 0.3 is 5.97 Å². The second kappa shape index (κ2) is 8.93. The Bertz CT molecular complexity index is 726. The number of cyclic esters (lactones) is 1. The number of thioether (sulfide) groups is 1. The summed E-state index contributed by atoms with van der Waals surface area (Å²) in [5.74, 6) is 0.0679. The molecule has 2 heterocycles. The number of aryl methyl sites for hydroxylation is 1. The molecule has 156 valence electrons. The summed E-state index contributed by atoms with van der Waals surface area (Å²) in [6.07, 6.45) is 1.30. The van der Waals surface area contributed by atoms with Crippen LogP contribution in [0.3, 0.4) is 0 Å². The minimum absolute atomic E-state index is 0.0182. The minimum Gasteiger partial charge on any atom is -0.446 e. The van der Waals surface area contributed by atoms with E-state index in [0.29, 0.717) is 37.5 Å². The van der Waals surface area contributed by atoms with Crippen molar-refractivity contribution < 1.29 is 23.6 Å². The number of amides is 2. The van der Waals surface area contributed by atoms with E-state index >= 15 is 0 Å². The number of aromatic nitrogens is 2. The Morgan fingerprint density at radius 2 is 1.93 bits per heavy atom. The van der Waals surface area contributed by atoms with Crippen LogP contribution >= 0.6 is 11.8 Å². The van der Waals surface area contributed by atoms with E-state index in [1.807, 2.05) is 20.8 Å². The molecule has 1 aliphatic rings. The van der Waals surface area contributed by atoms with Gasteiger partial charge in [0.2, 0.25) is 17.7 Å². The number of esters is 1. The molecule has 28 heavy (non-hydrogen) atoms. The monoisotopic (exact) mass is 412 g/mol. The topological polar surface area (TPSA) is 123 Å². The van der Waals surface area contributed by atoms with Crippen LogP contribution in [0.15, 0.2) is 4.52 Å². The van der Waals surface area contributed by atoms with E-state index in [4.69, 9.17) is 9.26 Å². The van der Waals surface area contributed by atoms with Gasteiger partial charge in [-0.2, -0.15) is 4.98 Å². The van der Waals surface area contributed by atoms with Crippen LogP contribution in [0.4, 0.5) is 0 Å². The molecular formula is C18H28N4O5S. The van der Waals surface area contributed by atoms with Gasteiger partial charge in [-0.15, -0.1) is 0 Å². The Hall–Kier alpha value is -2.10. The first-order valence-electron chi connectivity index (χ1n) is 9.22. The van der Waals surface area contributed by atoms with Gasteiger partial charge in [-0.3, -0.25) is 9.59 Å². The first-order valence-corrected chi connectivity index (χ1v) is 10.1. The highest BCUT2D eigenvalue weighted by Crippen LogP contribution is 2.36. The van der Waals surface area contributed by atoms with Gasteiger partial charge < -0.3 is 19.9 Å². The van der Waals surface area contributed by atoms with Crippen molar-refractivity contribution in [3.05, 3.63) is 11.7 Å². The standard InChI is InChI=1S/C18H28N4O5S/c1-17(2,3)10-13(24)19-9-8-14-20-11(22-27-14)6-7-12(23)21-15-16(25)26-18(4,5)28-15/h15H,6-10H2,1-5H3,(H,19,24)(H,21,23)/t15-/m0/s1. The van der Waals surface area contributed by atoms with E-state index in [2.05, 4.69) is 20.8 Å². The third-order valence-electron chi connectivity index (χ3n) is 3.69. The fraction of sp³-hybridized carbons (Fsp3) is 0.722. The lowest BCUT2D eigenvalue weighted by Gasteiger charge is -2.16. The van der Waals surface area contributed by atoms with Crippen LogP contribution < -0.4 is 10.6 Å². The molecule has 1 saturated heterocycles. The second-order valence-electron chi connectivity index (χ2n) is 8.33. The molecule has 9 nitrogen and oxygen atoms in total. The fourth-order valence-electron chi connectivity index (χ4n) is 2.53. The molecule has 2 rings (SSSR count). The predicted molar refractivity (Wildman–Crippen MR) is 103 cm³/mol. The molecule has 1 fully saturated rings. The van der Waals surface area contributed by atoms with Crippen molar-refractivity contribution in [1.29, 1.82) is 0 Å². The van der Waals surface area contributed by atoms with Crippen LogP contribution in [0.25, 0.3) is 0 Å². The number of hydrogen-bond acceptors (Lipinski definition) is 8. The average molecular weight is 413 g/mol. The third-order valence-corrected chi connectivity index (χ3v) is 4.89. The SMILES string of the molecule is CC(C)(C)CC(=O)NCCc1nc(CCC(=O)N[C@H]2SC(C)(C)OC2=O)no1. The molecule has 10 heteroatoms. The molecule has 0 spiro atoms. The minimum atomic E-state index is -0.694. The van der Waals surface area contributed by atoms with Crippen molar-refractivity contribution in [3.63, 3.8) is 0 Å². The number of nitrogens with zero attached hydrogens (tertiary/aromatic N) is 2. The fourth-order valence-corrected chi connectivity index (χ4v) is 3.56. The Morgan fingerprint density at radius 1 is 1.21 bits per heavy atom. The summed E-state index contributed by atoms with van der Waals surface area (Å²) in [7, 11) is 0. The molecule has 0 unspecified atom stereocenters. The Balaban J connectivity index is 1.69. The molecule has 1 aromatic heterocycles. The lowest BCUT2D eigenvalue weighted by Crippen LogP contribution is -2.36. The van der Waals surface area contributed by atoms with Crippen LogP contribution in [0, 0.1) is 5.41 Å². The van der Waals surface area contributed by atoms with Crippen LogP contribution in [-0.4, -0.2) is 44.8 Å². The van der Waals surface area contributed by atoms with Gasteiger partial charge in [-0.25, -0.2) is 4.79 Å². The lowest BCUT2D eigenvalue weighted by molar-refractivity contribution is -0.147. The lowest BCUT2D eigenvalue weighted by atomic mass is 9.92. The molecule has 0 bridgehead atoms. The number of nitrogens with one attached hydrogen (secondary N) is 2. The Labute approximate surface area is 168 Å². The largest absolute Gasteiger partial charge is 0.446 e. The average Bonchev–Trinajstić information content (AvgIpc) is 3.07. The quantitative estimate of drug-likeness (QED) is 0.617. The molecule has 0 radical (unpaired) electrons. The van der Waals surface area contributed by atoms with Gasteiger partial charge in [0.15, 0.2) is 16.1 Å². The van der Waals surface area contributed by atoms with Gasteiger partial charge in [-0.05, 0) is 19.3 Å². The van der Waals surface area contributed by atoms with E-state index in [-0.39, 0.29) is 23.7 Å². The van der Waals surface area contributed by atoms with Gasteiger partial charge in [0.1, 0.15) is 0 Å². The van der Waals surface area contributed by atoms with Gasteiger partial charge in [0.05, 0.1) is 0 Å². The number of rotatable bonds is 8. The Morgan fingerprint density at radius 3 is 2.54 bits per heavy atom. The zero-order chi connectivity index (χ0) is 20.9. The highest BCUT2D eigenvalue weighted by molar-refractivity contribution is 8.02. The summed E-state index contributed by atoms with van der Waals surface area (Å²) in [6.45, 7) is 9.96. The number of carbonyl (C=O) groups excluding carboxylic acids is 3. The summed E-state index contributed by atoms with van der Waals surface area (Å²) < 4.78 is 10.3. The van der Waals surface area contributed by atoms with Crippen LogP contribution in [0.2, 0.25) is 0 Å². The maximum absolute atomic E-state index is 12.0. The highest BCUT2D eigenvalue weighted by atomic mass is 32.2. The number of ether oxygens (including phenoxy) is 1. The van der Waals surface area contributed by atoms with Crippen molar-refractivity contribution in [1.82, 2.24) is 20.8 Å². The van der Waals surface area contributed by atoms with Crippen molar-refractivity contribution in [2.24, 2.45) is 5.41 Å². The van der Waals surface area contributed by atoms with Crippen molar-refractivity contribution in [2.45, 2.75) is 70.6 Å². The van der Waals surface area contributed by atoms with E-state index < -0.39 is 16.3 Å². The van der Waals surface area contributed by atoms with Crippen LogP contribution in [-0.2, 0) is 32.0 Å². The van der Waals surface area contributed by atoms with Gasteiger partial charge in [0, 0.05) is 32.2 Å². The maximum atomic E-state index is 12.0. The molecule has 1 aliphatic heterocycles. The molecule has 0 aliphatic carbocycles. The molecule has 1 aromatic rings. The first kappa shape index (κ1) is 22.2. The van der Waals surface area contributed by atoms with Crippen molar-refractivity contribution in [2.75, 3.05) is 6.54 Å². The zero-order valence-corrected chi connectivity index (χ0v) is 17.8. The second-order valence-corrected chi connectivity index (χ2v) is 10.0. The zero-order valence-electron chi connectivity index (χ0n) is 17.0. The summed E-state index contributed by atoms with van der Waals surface area (Å²) in [6, 6.07) is 0. The van der Waals surface area contributed by atoms with Crippen LogP contribution in [0.1, 0.15) is 59.2 Å². The summed E-state index contributed by atoms with van der Waals surface area (Å²) in [4.78, 5) is 39.1. The van der Waals surface area contributed by atoms with Gasteiger partial charge in [0.25, 0.3) is 0 Å². The predicted octanol–water partition coefficient (Wildman–Crippen LogP) is 1.57. The normalized spacial score (nSPS) is 18.6. The van der Waals surface area contributed by atoms with Crippen molar-refractivity contribution in [3.8, 4) is 0 Å². The van der Waals surface area contributed by atoms with Crippen LogP contribution in [0.5, 0.6) is 0 Å². The van der Waals surface area contributed by atoms with E-state index in [1.165, 1.54) is 11.8 Å². The van der Waals surface area contributed by atoms with Gasteiger partial charge in [-0.1, -0.05) is 37.7 Å². The molecule has 0 aromatic carbocycles. The van der Waals surface area contributed by atoms with E-state index in [0.717, 1.165) is 0 Å². The Kier molecular flexibility index (Phi) is 7.08. The number of carbonyl (C=O) groups is 3. The summed E-state index contributed by atoms with van der Waals surface area (Å²) in [5, 5.41) is 8.61. The smallest absolute Gasteiger partial charge is 0.340 e. The number of hydrogen-bond donors (Lipinski definition) is 2. The molecule has 1 atom stereocenters. The van der Waals surface area contributed by atoms with E-state index in [1.54, 1.807) is 13.8 Å².